The van der Waals surface area contributed by atoms with Crippen molar-refractivity contribution in [2.75, 3.05) is 7.05 Å². The van der Waals surface area contributed by atoms with Crippen LogP contribution in [0.5, 0.6) is 0 Å². The van der Waals surface area contributed by atoms with Crippen molar-refractivity contribution in [3.8, 4) is 0 Å². The fourth-order valence-corrected chi connectivity index (χ4v) is 3.36. The molecule has 26 heavy (non-hydrogen) atoms. The first-order valence-electron chi connectivity index (χ1n) is 8.84. The van der Waals surface area contributed by atoms with Gasteiger partial charge in [-0.05, 0) is 29.7 Å². The quantitative estimate of drug-likeness (QED) is 0.708. The van der Waals surface area contributed by atoms with Crippen molar-refractivity contribution in [1.29, 1.82) is 0 Å². The van der Waals surface area contributed by atoms with E-state index in [1.54, 1.807) is 11.9 Å². The number of benzene rings is 2. The zero-order valence-corrected chi connectivity index (χ0v) is 16.8. The van der Waals surface area contributed by atoms with E-state index in [1.165, 1.54) is 0 Å². The second-order valence-corrected chi connectivity index (χ2v) is 7.14. The third-order valence-electron chi connectivity index (χ3n) is 4.22. The normalized spacial score (nSPS) is 11.7. The van der Waals surface area contributed by atoms with Gasteiger partial charge in [-0.25, -0.2) is 0 Å². The molecule has 0 radical (unpaired) electrons. The van der Waals surface area contributed by atoms with E-state index in [4.69, 9.17) is 0 Å². The lowest BCUT2D eigenvalue weighted by atomic mass is 10.0. The molecule has 2 aromatic rings. The Hall–Kier alpha value is -2.14. The van der Waals surface area contributed by atoms with E-state index in [0.717, 1.165) is 22.0 Å². The van der Waals surface area contributed by atoms with Crippen LogP contribution in [0, 0.1) is 0 Å². The third kappa shape index (κ3) is 5.70. The Bertz CT molecular complexity index is 734. The predicted molar refractivity (Wildman–Crippen MR) is 108 cm³/mol. The van der Waals surface area contributed by atoms with Crippen LogP contribution in [0.2, 0.25) is 0 Å². The topological polar surface area (TPSA) is 49.4 Å². The molecule has 2 aromatic carbocycles. The van der Waals surface area contributed by atoms with Crippen LogP contribution in [0.1, 0.15) is 30.9 Å². The zero-order valence-electron chi connectivity index (χ0n) is 15.2. The highest BCUT2D eigenvalue weighted by atomic mass is 79.9. The largest absolute Gasteiger partial charge is 0.357 e. The Morgan fingerprint density at radius 2 is 1.77 bits per heavy atom. The van der Waals surface area contributed by atoms with Crippen molar-refractivity contribution in [1.82, 2.24) is 10.2 Å². The summed E-state index contributed by atoms with van der Waals surface area (Å²) >= 11 is 3.47. The summed E-state index contributed by atoms with van der Waals surface area (Å²) in [5, 5.41) is 2.72. The minimum absolute atomic E-state index is 0.00277. The summed E-state index contributed by atoms with van der Waals surface area (Å²) in [7, 11) is 1.61. The molecule has 0 aliphatic carbocycles. The average molecular weight is 417 g/mol. The second kappa shape index (κ2) is 10.1. The lowest BCUT2D eigenvalue weighted by Gasteiger charge is -2.31. The summed E-state index contributed by atoms with van der Waals surface area (Å²) in [5.41, 5.74) is 2.02. The van der Waals surface area contributed by atoms with Crippen LogP contribution in [-0.4, -0.2) is 29.8 Å². The summed E-state index contributed by atoms with van der Waals surface area (Å²) in [4.78, 5) is 27.1. The SMILES string of the molecule is CCCC(=O)N(Cc1cccc(Br)c1)[C@H](Cc1ccccc1)C(=O)NC. The summed E-state index contributed by atoms with van der Waals surface area (Å²) in [5.74, 6) is -0.148. The molecular formula is C21H25BrN2O2. The molecule has 4 nitrogen and oxygen atoms in total. The molecule has 0 bridgehead atoms. The molecule has 1 atom stereocenters. The highest BCUT2D eigenvalue weighted by Gasteiger charge is 2.29. The molecule has 2 rings (SSSR count). The number of rotatable bonds is 8. The molecule has 0 aromatic heterocycles. The van der Waals surface area contributed by atoms with Crippen molar-refractivity contribution >= 4 is 27.7 Å². The zero-order chi connectivity index (χ0) is 18.9. The van der Waals surface area contributed by atoms with Crippen LogP contribution >= 0.6 is 15.9 Å². The van der Waals surface area contributed by atoms with Gasteiger partial charge in [-0.2, -0.15) is 0 Å². The molecule has 0 spiro atoms. The van der Waals surface area contributed by atoms with Crippen molar-refractivity contribution in [2.24, 2.45) is 0 Å². The van der Waals surface area contributed by atoms with E-state index in [1.807, 2.05) is 61.5 Å². The number of hydrogen-bond donors (Lipinski definition) is 1. The molecule has 0 saturated carbocycles. The number of nitrogens with one attached hydrogen (secondary N) is 1. The molecule has 138 valence electrons. The maximum Gasteiger partial charge on any atom is 0.242 e. The highest BCUT2D eigenvalue weighted by molar-refractivity contribution is 9.10. The van der Waals surface area contributed by atoms with E-state index >= 15 is 0 Å². The van der Waals surface area contributed by atoms with Crippen molar-refractivity contribution < 1.29 is 9.59 Å². The summed E-state index contributed by atoms with van der Waals surface area (Å²) in [6, 6.07) is 17.1. The van der Waals surface area contributed by atoms with Crippen LogP contribution in [-0.2, 0) is 22.6 Å². The molecule has 1 N–H and O–H groups in total. The first-order chi connectivity index (χ1) is 12.5. The van der Waals surface area contributed by atoms with Gasteiger partial charge in [0.05, 0.1) is 0 Å². The molecule has 2 amide bonds. The van der Waals surface area contributed by atoms with Gasteiger partial charge in [-0.15, -0.1) is 0 Å². The number of likely N-dealkylation sites (N-methyl/N-ethyl adjacent to an activating group) is 1. The minimum atomic E-state index is -0.541. The summed E-state index contributed by atoms with van der Waals surface area (Å²) in [6.45, 7) is 2.38. The molecule has 0 saturated heterocycles. The molecule has 0 unspecified atom stereocenters. The van der Waals surface area contributed by atoms with Gasteiger partial charge < -0.3 is 10.2 Å². The van der Waals surface area contributed by atoms with Crippen LogP contribution in [0.15, 0.2) is 59.1 Å². The second-order valence-electron chi connectivity index (χ2n) is 6.22. The van der Waals surface area contributed by atoms with Gasteiger partial charge in [-0.3, -0.25) is 9.59 Å². The van der Waals surface area contributed by atoms with Crippen molar-refractivity contribution in [2.45, 2.75) is 38.8 Å². The van der Waals surface area contributed by atoms with Gasteiger partial charge in [0.25, 0.3) is 0 Å². The Balaban J connectivity index is 2.33. The molecule has 0 aliphatic rings. The van der Waals surface area contributed by atoms with Gasteiger partial charge in [0.15, 0.2) is 0 Å². The maximum absolute atomic E-state index is 12.8. The number of nitrogens with zero attached hydrogens (tertiary/aromatic N) is 1. The Labute approximate surface area is 163 Å². The van der Waals surface area contributed by atoms with Crippen LogP contribution in [0.3, 0.4) is 0 Å². The Morgan fingerprint density at radius 3 is 2.38 bits per heavy atom. The van der Waals surface area contributed by atoms with Gasteiger partial charge in [0.2, 0.25) is 11.8 Å². The Kier molecular flexibility index (Phi) is 7.85. The van der Waals surface area contributed by atoms with E-state index in [-0.39, 0.29) is 11.8 Å². The van der Waals surface area contributed by atoms with E-state index < -0.39 is 6.04 Å². The minimum Gasteiger partial charge on any atom is -0.357 e. The standard InChI is InChI=1S/C21H25BrN2O2/c1-3-8-20(25)24(15-17-11-7-12-18(22)13-17)19(21(26)23-2)14-16-9-5-4-6-10-16/h4-7,9-13,19H,3,8,14-15H2,1-2H3,(H,23,26)/t19-/m1/s1. The molecule has 0 fully saturated rings. The van der Waals surface area contributed by atoms with Crippen molar-refractivity contribution in [3.05, 3.63) is 70.2 Å². The first kappa shape index (κ1) is 20.2. The average Bonchev–Trinajstić information content (AvgIpc) is 2.65. The van der Waals surface area contributed by atoms with Crippen LogP contribution in [0.4, 0.5) is 0 Å². The van der Waals surface area contributed by atoms with Crippen LogP contribution < -0.4 is 5.32 Å². The predicted octanol–water partition coefficient (Wildman–Crippen LogP) is 3.94. The fraction of sp³-hybridized carbons (Fsp3) is 0.333. The van der Waals surface area contributed by atoms with Gasteiger partial charge in [0, 0.05) is 30.9 Å². The highest BCUT2D eigenvalue weighted by Crippen LogP contribution is 2.18. The van der Waals surface area contributed by atoms with Gasteiger partial charge >= 0.3 is 0 Å². The third-order valence-corrected chi connectivity index (χ3v) is 4.72. The lowest BCUT2D eigenvalue weighted by molar-refractivity contribution is -0.141. The van der Waals surface area contributed by atoms with Gasteiger partial charge in [-0.1, -0.05) is 65.3 Å². The van der Waals surface area contributed by atoms with E-state index in [0.29, 0.717) is 19.4 Å². The van der Waals surface area contributed by atoms with Crippen LogP contribution in [0.25, 0.3) is 0 Å². The number of amides is 2. The summed E-state index contributed by atoms with van der Waals surface area (Å²) in [6.07, 6.45) is 1.67. The maximum atomic E-state index is 12.8. The molecule has 0 aliphatic heterocycles. The number of hydrogen-bond acceptors (Lipinski definition) is 2. The Morgan fingerprint density at radius 1 is 1.08 bits per heavy atom. The molecular weight excluding hydrogens is 392 g/mol. The van der Waals surface area contributed by atoms with Crippen molar-refractivity contribution in [3.63, 3.8) is 0 Å². The monoisotopic (exact) mass is 416 g/mol. The smallest absolute Gasteiger partial charge is 0.242 e. The van der Waals surface area contributed by atoms with E-state index in [2.05, 4.69) is 21.2 Å². The van der Waals surface area contributed by atoms with Gasteiger partial charge in [0.1, 0.15) is 6.04 Å². The fourth-order valence-electron chi connectivity index (χ4n) is 2.91. The summed E-state index contributed by atoms with van der Waals surface area (Å²) < 4.78 is 0.956. The molecule has 0 heterocycles. The van der Waals surface area contributed by atoms with E-state index in [9.17, 15) is 9.59 Å². The number of carbonyl (C=O) groups excluding carboxylic acids is 2. The number of carbonyl (C=O) groups is 2. The molecule has 5 heteroatoms. The first-order valence-corrected chi connectivity index (χ1v) is 9.64. The number of halogens is 1. The lowest BCUT2D eigenvalue weighted by Crippen LogP contribution is -2.49.